The fraction of sp³-hybridized carbons (Fsp3) is 0.286. The maximum absolute atomic E-state index is 12.7. The second kappa shape index (κ2) is 8.63. The number of rotatable bonds is 5. The van der Waals surface area contributed by atoms with Gasteiger partial charge in [-0.1, -0.05) is 41.9 Å². The van der Waals surface area contributed by atoms with Crippen LogP contribution in [0.1, 0.15) is 5.56 Å². The van der Waals surface area contributed by atoms with Gasteiger partial charge in [0.2, 0.25) is 0 Å². The van der Waals surface area contributed by atoms with Crippen molar-refractivity contribution >= 4 is 35.3 Å². The number of amides is 3. The SMILES string of the molecule is O=C1CN(/C=C/c2ccccc2)C(=O)N1CN1CCN(c2ccncc2Cl)CC1. The van der Waals surface area contributed by atoms with Crippen molar-refractivity contribution in [2.45, 2.75) is 0 Å². The molecule has 0 atom stereocenters. The lowest BCUT2D eigenvalue weighted by atomic mass is 10.2. The maximum atomic E-state index is 12.7. The molecule has 7 nitrogen and oxygen atoms in total. The van der Waals surface area contributed by atoms with Crippen LogP contribution < -0.4 is 4.90 Å². The molecule has 0 aliphatic carbocycles. The minimum atomic E-state index is -0.276. The first-order valence-corrected chi connectivity index (χ1v) is 9.90. The van der Waals surface area contributed by atoms with E-state index in [1.165, 1.54) is 9.80 Å². The van der Waals surface area contributed by atoms with Crippen LogP contribution in [0.2, 0.25) is 5.02 Å². The number of nitrogens with zero attached hydrogens (tertiary/aromatic N) is 5. The summed E-state index contributed by atoms with van der Waals surface area (Å²) in [5.41, 5.74) is 1.95. The molecule has 0 saturated carbocycles. The molecule has 0 unspecified atom stereocenters. The molecule has 2 fully saturated rings. The Kier molecular flexibility index (Phi) is 5.78. The average molecular weight is 412 g/mol. The lowest BCUT2D eigenvalue weighted by Gasteiger charge is -2.37. The van der Waals surface area contributed by atoms with E-state index in [-0.39, 0.29) is 18.5 Å². The summed E-state index contributed by atoms with van der Waals surface area (Å²) in [6.45, 7) is 3.43. The van der Waals surface area contributed by atoms with Crippen LogP contribution >= 0.6 is 11.6 Å². The second-order valence-corrected chi connectivity index (χ2v) is 7.44. The smallest absolute Gasteiger partial charge is 0.332 e. The van der Waals surface area contributed by atoms with E-state index in [1.807, 2.05) is 42.5 Å². The van der Waals surface area contributed by atoms with E-state index in [9.17, 15) is 9.59 Å². The summed E-state index contributed by atoms with van der Waals surface area (Å²) in [6, 6.07) is 11.3. The first kappa shape index (κ1) is 19.4. The Balaban J connectivity index is 1.33. The third-order valence-electron chi connectivity index (χ3n) is 5.14. The van der Waals surface area contributed by atoms with Crippen molar-refractivity contribution in [3.63, 3.8) is 0 Å². The standard InChI is InChI=1S/C21H22ClN5O2/c22-18-14-23-8-6-19(18)25-12-10-24(11-13-25)16-27-20(28)15-26(21(27)29)9-7-17-4-2-1-3-5-17/h1-9,14H,10-13,15-16H2/b9-7+. The number of carbonyl (C=O) groups is 2. The molecule has 0 N–H and O–H groups in total. The zero-order valence-electron chi connectivity index (χ0n) is 15.9. The van der Waals surface area contributed by atoms with Gasteiger partial charge in [0.15, 0.2) is 0 Å². The number of hydrogen-bond acceptors (Lipinski definition) is 5. The molecule has 1 aromatic heterocycles. The van der Waals surface area contributed by atoms with Gasteiger partial charge in [0.05, 0.1) is 17.4 Å². The zero-order chi connectivity index (χ0) is 20.2. The topological polar surface area (TPSA) is 60.0 Å². The Morgan fingerprint density at radius 2 is 1.79 bits per heavy atom. The summed E-state index contributed by atoms with van der Waals surface area (Å²) < 4.78 is 0. The van der Waals surface area contributed by atoms with Crippen molar-refractivity contribution < 1.29 is 9.59 Å². The predicted octanol–water partition coefficient (Wildman–Crippen LogP) is 2.75. The van der Waals surface area contributed by atoms with Gasteiger partial charge < -0.3 is 4.90 Å². The number of aromatic nitrogens is 1. The summed E-state index contributed by atoms with van der Waals surface area (Å²) >= 11 is 6.23. The molecule has 0 bridgehead atoms. The Morgan fingerprint density at radius 1 is 1.03 bits per heavy atom. The molecule has 4 rings (SSSR count). The summed E-state index contributed by atoms with van der Waals surface area (Å²) in [4.78, 5) is 36.2. The molecule has 2 saturated heterocycles. The molecule has 0 radical (unpaired) electrons. The highest BCUT2D eigenvalue weighted by Crippen LogP contribution is 2.25. The maximum Gasteiger partial charge on any atom is 0.332 e. The molecule has 3 heterocycles. The van der Waals surface area contributed by atoms with Crippen LogP contribution in [-0.2, 0) is 4.79 Å². The quantitative estimate of drug-likeness (QED) is 0.708. The van der Waals surface area contributed by atoms with Gasteiger partial charge >= 0.3 is 6.03 Å². The van der Waals surface area contributed by atoms with Crippen LogP contribution in [0.3, 0.4) is 0 Å². The number of urea groups is 1. The lowest BCUT2D eigenvalue weighted by Crippen LogP contribution is -2.51. The number of pyridine rings is 1. The molecule has 2 aliphatic rings. The van der Waals surface area contributed by atoms with Gasteiger partial charge in [-0.3, -0.25) is 19.6 Å². The number of piperazine rings is 1. The third-order valence-corrected chi connectivity index (χ3v) is 5.43. The molecule has 0 spiro atoms. The normalized spacial score (nSPS) is 18.3. The minimum absolute atomic E-state index is 0.0781. The monoisotopic (exact) mass is 411 g/mol. The van der Waals surface area contributed by atoms with Crippen molar-refractivity contribution in [2.24, 2.45) is 0 Å². The van der Waals surface area contributed by atoms with Crippen LogP contribution in [0.25, 0.3) is 6.08 Å². The van der Waals surface area contributed by atoms with Crippen molar-refractivity contribution in [1.29, 1.82) is 0 Å². The molecule has 29 heavy (non-hydrogen) atoms. The Hall–Kier alpha value is -2.90. The second-order valence-electron chi connectivity index (χ2n) is 7.03. The van der Waals surface area contributed by atoms with Gasteiger partial charge in [0.25, 0.3) is 5.91 Å². The average Bonchev–Trinajstić information content (AvgIpc) is 3.01. The number of anilines is 1. The van der Waals surface area contributed by atoms with Crippen molar-refractivity contribution in [3.05, 3.63) is 65.6 Å². The van der Waals surface area contributed by atoms with E-state index in [2.05, 4.69) is 14.8 Å². The van der Waals surface area contributed by atoms with Gasteiger partial charge in [0, 0.05) is 44.8 Å². The molecule has 2 aliphatic heterocycles. The molecular formula is C21H22ClN5O2. The molecule has 2 aromatic rings. The van der Waals surface area contributed by atoms with Crippen molar-refractivity contribution in [1.82, 2.24) is 19.7 Å². The number of imide groups is 1. The lowest BCUT2D eigenvalue weighted by molar-refractivity contribution is -0.126. The minimum Gasteiger partial charge on any atom is -0.368 e. The van der Waals surface area contributed by atoms with Crippen LogP contribution in [-0.4, -0.2) is 71.0 Å². The zero-order valence-corrected chi connectivity index (χ0v) is 16.7. The van der Waals surface area contributed by atoms with Gasteiger partial charge in [-0.15, -0.1) is 0 Å². The molecular weight excluding hydrogens is 390 g/mol. The largest absolute Gasteiger partial charge is 0.368 e. The summed E-state index contributed by atoms with van der Waals surface area (Å²) in [6.07, 6.45) is 6.89. The highest BCUT2D eigenvalue weighted by Gasteiger charge is 2.36. The van der Waals surface area contributed by atoms with Crippen LogP contribution in [0.15, 0.2) is 55.0 Å². The van der Waals surface area contributed by atoms with Crippen molar-refractivity contribution in [3.8, 4) is 0 Å². The first-order chi connectivity index (χ1) is 14.1. The number of halogens is 1. The van der Waals surface area contributed by atoms with Gasteiger partial charge in [-0.2, -0.15) is 0 Å². The number of benzene rings is 1. The first-order valence-electron chi connectivity index (χ1n) is 9.53. The van der Waals surface area contributed by atoms with Crippen LogP contribution in [0, 0.1) is 0 Å². The molecule has 3 amide bonds. The highest BCUT2D eigenvalue weighted by molar-refractivity contribution is 6.33. The van der Waals surface area contributed by atoms with E-state index >= 15 is 0 Å². The summed E-state index contributed by atoms with van der Waals surface area (Å²) in [5, 5.41) is 0.631. The number of hydrogen-bond donors (Lipinski definition) is 0. The summed E-state index contributed by atoms with van der Waals surface area (Å²) in [5.74, 6) is -0.174. The van der Waals surface area contributed by atoms with E-state index in [0.29, 0.717) is 11.7 Å². The Labute approximate surface area is 174 Å². The fourth-order valence-corrected chi connectivity index (χ4v) is 3.75. The number of carbonyl (C=O) groups excluding carboxylic acids is 2. The predicted molar refractivity (Wildman–Crippen MR) is 112 cm³/mol. The highest BCUT2D eigenvalue weighted by atomic mass is 35.5. The van der Waals surface area contributed by atoms with Crippen LogP contribution in [0.4, 0.5) is 10.5 Å². The van der Waals surface area contributed by atoms with Gasteiger partial charge in [-0.25, -0.2) is 9.69 Å². The molecule has 1 aromatic carbocycles. The molecule has 150 valence electrons. The third kappa shape index (κ3) is 4.41. The summed E-state index contributed by atoms with van der Waals surface area (Å²) in [7, 11) is 0. The van der Waals surface area contributed by atoms with E-state index in [0.717, 1.165) is 37.4 Å². The van der Waals surface area contributed by atoms with E-state index < -0.39 is 0 Å². The van der Waals surface area contributed by atoms with E-state index in [4.69, 9.17) is 11.6 Å². The van der Waals surface area contributed by atoms with E-state index in [1.54, 1.807) is 18.6 Å². The van der Waals surface area contributed by atoms with Gasteiger partial charge in [0.1, 0.15) is 6.54 Å². The van der Waals surface area contributed by atoms with Crippen molar-refractivity contribution in [2.75, 3.05) is 44.3 Å². The van der Waals surface area contributed by atoms with Gasteiger partial charge in [-0.05, 0) is 17.7 Å². The Morgan fingerprint density at radius 3 is 2.52 bits per heavy atom. The van der Waals surface area contributed by atoms with Crippen LogP contribution in [0.5, 0.6) is 0 Å². The molecule has 8 heteroatoms. The fourth-order valence-electron chi connectivity index (χ4n) is 3.51. The Bertz CT molecular complexity index is 912.